The number of carbonyl (C=O) groups is 1. The van der Waals surface area contributed by atoms with E-state index in [0.29, 0.717) is 30.3 Å². The average molecular weight is 367 g/mol. The molecule has 142 valence electrons. The van der Waals surface area contributed by atoms with Crippen LogP contribution >= 0.6 is 0 Å². The van der Waals surface area contributed by atoms with E-state index >= 15 is 0 Å². The molecule has 5 nitrogen and oxygen atoms in total. The van der Waals surface area contributed by atoms with Gasteiger partial charge in [0.25, 0.3) is 5.91 Å². The predicted octanol–water partition coefficient (Wildman–Crippen LogP) is 4.14. The van der Waals surface area contributed by atoms with E-state index in [1.54, 1.807) is 0 Å². The third kappa shape index (κ3) is 4.42. The monoisotopic (exact) mass is 367 g/mol. The Bertz CT molecular complexity index is 827. The second kappa shape index (κ2) is 8.62. The molecule has 1 N–H and O–H groups in total. The van der Waals surface area contributed by atoms with Crippen molar-refractivity contribution < 1.29 is 19.0 Å². The SMILES string of the molecule is CCOc1ccc(C(C)NC(=O)C2=Cc3cccc(OCC)c3OC2)cc1. The molecule has 27 heavy (non-hydrogen) atoms. The maximum absolute atomic E-state index is 12.7. The molecular weight excluding hydrogens is 342 g/mol. The van der Waals surface area contributed by atoms with Crippen LogP contribution in [0.1, 0.15) is 37.9 Å². The minimum absolute atomic E-state index is 0.120. The zero-order valence-electron chi connectivity index (χ0n) is 16.0. The van der Waals surface area contributed by atoms with E-state index in [-0.39, 0.29) is 18.6 Å². The largest absolute Gasteiger partial charge is 0.494 e. The third-order valence-electron chi connectivity index (χ3n) is 4.34. The van der Waals surface area contributed by atoms with Crippen LogP contribution in [0.5, 0.6) is 17.2 Å². The van der Waals surface area contributed by atoms with Gasteiger partial charge in [-0.2, -0.15) is 0 Å². The van der Waals surface area contributed by atoms with Crippen LogP contribution in [0.2, 0.25) is 0 Å². The molecule has 2 aromatic rings. The Hall–Kier alpha value is -2.95. The molecule has 1 amide bonds. The molecule has 0 saturated carbocycles. The summed E-state index contributed by atoms with van der Waals surface area (Å²) in [5.74, 6) is 2.08. The van der Waals surface area contributed by atoms with E-state index in [1.165, 1.54) is 0 Å². The topological polar surface area (TPSA) is 56.8 Å². The van der Waals surface area contributed by atoms with E-state index in [2.05, 4.69) is 5.32 Å². The molecule has 0 radical (unpaired) electrons. The van der Waals surface area contributed by atoms with Crippen LogP contribution in [-0.4, -0.2) is 25.7 Å². The summed E-state index contributed by atoms with van der Waals surface area (Å²) in [6, 6.07) is 13.3. The van der Waals surface area contributed by atoms with Crippen molar-refractivity contribution in [3.05, 3.63) is 59.2 Å². The van der Waals surface area contributed by atoms with Crippen molar-refractivity contribution >= 4 is 12.0 Å². The number of hydrogen-bond donors (Lipinski definition) is 1. The molecule has 0 aliphatic carbocycles. The highest BCUT2D eigenvalue weighted by Gasteiger charge is 2.21. The molecule has 2 aromatic carbocycles. The molecule has 0 bridgehead atoms. The molecule has 1 atom stereocenters. The van der Waals surface area contributed by atoms with Gasteiger partial charge in [-0.3, -0.25) is 4.79 Å². The van der Waals surface area contributed by atoms with Gasteiger partial charge in [-0.1, -0.05) is 24.3 Å². The summed E-state index contributed by atoms with van der Waals surface area (Å²) < 4.78 is 16.8. The van der Waals surface area contributed by atoms with Gasteiger partial charge in [-0.25, -0.2) is 0 Å². The van der Waals surface area contributed by atoms with E-state index in [1.807, 2.05) is 69.3 Å². The van der Waals surface area contributed by atoms with Crippen LogP contribution in [0.15, 0.2) is 48.0 Å². The fourth-order valence-corrected chi connectivity index (χ4v) is 2.97. The first-order chi connectivity index (χ1) is 13.1. The predicted molar refractivity (Wildman–Crippen MR) is 105 cm³/mol. The summed E-state index contributed by atoms with van der Waals surface area (Å²) in [6.45, 7) is 7.26. The Kier molecular flexibility index (Phi) is 6.01. The van der Waals surface area contributed by atoms with Crippen molar-refractivity contribution in [2.24, 2.45) is 0 Å². The van der Waals surface area contributed by atoms with Crippen LogP contribution in [0.3, 0.4) is 0 Å². The zero-order valence-corrected chi connectivity index (χ0v) is 16.0. The fraction of sp³-hybridized carbons (Fsp3) is 0.318. The lowest BCUT2D eigenvalue weighted by atomic mass is 10.0. The maximum Gasteiger partial charge on any atom is 0.251 e. The standard InChI is InChI=1S/C22H25NO4/c1-4-25-19-11-9-16(10-12-19)15(3)23-22(24)18-13-17-7-6-8-20(26-5-2)21(17)27-14-18/h6-13,15H,4-5,14H2,1-3H3,(H,23,24). The third-order valence-corrected chi connectivity index (χ3v) is 4.34. The highest BCUT2D eigenvalue weighted by molar-refractivity contribution is 5.99. The van der Waals surface area contributed by atoms with Crippen molar-refractivity contribution in [1.82, 2.24) is 5.32 Å². The summed E-state index contributed by atoms with van der Waals surface area (Å²) in [7, 11) is 0. The Labute approximate surface area is 159 Å². The van der Waals surface area contributed by atoms with Gasteiger partial charge in [0.2, 0.25) is 0 Å². The summed E-state index contributed by atoms with van der Waals surface area (Å²) in [5, 5.41) is 3.03. The maximum atomic E-state index is 12.7. The number of rotatable bonds is 7. The van der Waals surface area contributed by atoms with Gasteiger partial charge in [0.15, 0.2) is 11.5 Å². The molecule has 0 fully saturated rings. The van der Waals surface area contributed by atoms with Crippen LogP contribution in [0, 0.1) is 0 Å². The van der Waals surface area contributed by atoms with Gasteiger partial charge in [0, 0.05) is 5.56 Å². The fourth-order valence-electron chi connectivity index (χ4n) is 2.97. The molecule has 1 unspecified atom stereocenters. The molecule has 1 aliphatic rings. The summed E-state index contributed by atoms with van der Waals surface area (Å²) in [5.41, 5.74) is 2.46. The van der Waals surface area contributed by atoms with Crippen molar-refractivity contribution in [3.8, 4) is 17.2 Å². The van der Waals surface area contributed by atoms with Gasteiger partial charge in [-0.15, -0.1) is 0 Å². The number of hydrogen-bond acceptors (Lipinski definition) is 4. The smallest absolute Gasteiger partial charge is 0.251 e. The van der Waals surface area contributed by atoms with Crippen LogP contribution in [-0.2, 0) is 4.79 Å². The van der Waals surface area contributed by atoms with Gasteiger partial charge >= 0.3 is 0 Å². The van der Waals surface area contributed by atoms with Crippen molar-refractivity contribution in [3.63, 3.8) is 0 Å². The molecule has 1 aliphatic heterocycles. The Balaban J connectivity index is 1.70. The van der Waals surface area contributed by atoms with Gasteiger partial charge in [-0.05, 0) is 50.6 Å². The number of para-hydroxylation sites is 1. The van der Waals surface area contributed by atoms with Crippen LogP contribution in [0.25, 0.3) is 6.08 Å². The summed E-state index contributed by atoms with van der Waals surface area (Å²) >= 11 is 0. The Morgan fingerprint density at radius 3 is 2.56 bits per heavy atom. The first-order valence-electron chi connectivity index (χ1n) is 9.25. The number of carbonyl (C=O) groups excluding carboxylic acids is 1. The Morgan fingerprint density at radius 2 is 1.85 bits per heavy atom. The molecule has 0 spiro atoms. The average Bonchev–Trinajstić information content (AvgIpc) is 2.69. The summed E-state index contributed by atoms with van der Waals surface area (Å²) in [6.07, 6.45) is 1.86. The first-order valence-corrected chi connectivity index (χ1v) is 9.25. The molecule has 5 heteroatoms. The molecule has 0 aromatic heterocycles. The molecule has 3 rings (SSSR count). The van der Waals surface area contributed by atoms with Crippen molar-refractivity contribution in [2.75, 3.05) is 19.8 Å². The van der Waals surface area contributed by atoms with E-state index in [4.69, 9.17) is 14.2 Å². The van der Waals surface area contributed by atoms with E-state index in [0.717, 1.165) is 16.9 Å². The van der Waals surface area contributed by atoms with E-state index in [9.17, 15) is 4.79 Å². The van der Waals surface area contributed by atoms with E-state index < -0.39 is 0 Å². The number of ether oxygens (including phenoxy) is 3. The number of nitrogens with one attached hydrogen (secondary N) is 1. The minimum atomic E-state index is -0.135. The second-order valence-electron chi connectivity index (χ2n) is 6.26. The lowest BCUT2D eigenvalue weighted by Crippen LogP contribution is -2.30. The van der Waals surface area contributed by atoms with Crippen molar-refractivity contribution in [2.45, 2.75) is 26.8 Å². The quantitative estimate of drug-likeness (QED) is 0.799. The molecule has 1 heterocycles. The number of amides is 1. The summed E-state index contributed by atoms with van der Waals surface area (Å²) in [4.78, 5) is 12.7. The molecular formula is C22H25NO4. The van der Waals surface area contributed by atoms with Crippen LogP contribution in [0.4, 0.5) is 0 Å². The van der Waals surface area contributed by atoms with Crippen LogP contribution < -0.4 is 19.5 Å². The lowest BCUT2D eigenvalue weighted by molar-refractivity contribution is -0.118. The first kappa shape index (κ1) is 18.8. The van der Waals surface area contributed by atoms with Gasteiger partial charge in [0.05, 0.1) is 24.8 Å². The van der Waals surface area contributed by atoms with Gasteiger partial charge in [0.1, 0.15) is 12.4 Å². The minimum Gasteiger partial charge on any atom is -0.494 e. The van der Waals surface area contributed by atoms with Crippen molar-refractivity contribution in [1.29, 1.82) is 0 Å². The zero-order chi connectivity index (χ0) is 19.2. The number of benzene rings is 2. The number of fused-ring (bicyclic) bond motifs is 1. The Morgan fingerprint density at radius 1 is 1.11 bits per heavy atom. The normalized spacial score (nSPS) is 13.7. The molecule has 0 saturated heterocycles. The highest BCUT2D eigenvalue weighted by atomic mass is 16.5. The van der Waals surface area contributed by atoms with Gasteiger partial charge < -0.3 is 19.5 Å². The second-order valence-corrected chi connectivity index (χ2v) is 6.26. The highest BCUT2D eigenvalue weighted by Crippen LogP contribution is 2.35. The lowest BCUT2D eigenvalue weighted by Gasteiger charge is -2.21.